The van der Waals surface area contributed by atoms with Crippen LogP contribution in [-0.4, -0.2) is 71.5 Å². The van der Waals surface area contributed by atoms with Crippen LogP contribution in [0.5, 0.6) is 0 Å². The normalized spacial score (nSPS) is 10.8. The molecule has 2 N–H and O–H groups in total. The van der Waals surface area contributed by atoms with Crippen LogP contribution in [0.4, 0.5) is 5.82 Å². The van der Waals surface area contributed by atoms with Crippen molar-refractivity contribution in [3.8, 4) is 0 Å². The summed E-state index contributed by atoms with van der Waals surface area (Å²) in [4.78, 5) is 30.9. The molecule has 0 aromatic carbocycles. The summed E-state index contributed by atoms with van der Waals surface area (Å²) in [6.45, 7) is 1.70. The molecule has 8 nitrogen and oxygen atoms in total. The second-order valence-corrected chi connectivity index (χ2v) is 4.57. The molecule has 2 rings (SSSR count). The number of rotatable bonds is 6. The summed E-state index contributed by atoms with van der Waals surface area (Å²) in [6.07, 6.45) is 3.02. The minimum Gasteiger partial charge on any atom is -0.348 e. The minimum absolute atomic E-state index is 0.0361. The SMILES string of the molecule is CNCCN(C)C(=O)CN(C)c1ncnc2nc[nH]c12. The van der Waals surface area contributed by atoms with Gasteiger partial charge in [-0.15, -0.1) is 0 Å². The van der Waals surface area contributed by atoms with Crippen molar-refractivity contribution in [1.29, 1.82) is 0 Å². The van der Waals surface area contributed by atoms with Crippen molar-refractivity contribution < 1.29 is 4.79 Å². The van der Waals surface area contributed by atoms with E-state index in [0.29, 0.717) is 18.0 Å². The molecular formula is C12H19N7O. The predicted molar refractivity (Wildman–Crippen MR) is 76.5 cm³/mol. The van der Waals surface area contributed by atoms with Crippen molar-refractivity contribution in [2.45, 2.75) is 0 Å². The van der Waals surface area contributed by atoms with Gasteiger partial charge in [-0.05, 0) is 7.05 Å². The summed E-state index contributed by atoms with van der Waals surface area (Å²) in [5.74, 6) is 0.705. The van der Waals surface area contributed by atoms with Crippen LogP contribution in [0, 0.1) is 0 Å². The molecule has 0 bridgehead atoms. The summed E-state index contributed by atoms with van der Waals surface area (Å²) in [6, 6.07) is 0. The molecule has 0 aliphatic carbocycles. The number of imidazole rings is 1. The summed E-state index contributed by atoms with van der Waals surface area (Å²) in [7, 11) is 5.48. The van der Waals surface area contributed by atoms with E-state index in [0.717, 1.165) is 12.1 Å². The van der Waals surface area contributed by atoms with Gasteiger partial charge in [0, 0.05) is 27.2 Å². The van der Waals surface area contributed by atoms with Crippen LogP contribution in [0.15, 0.2) is 12.7 Å². The number of nitrogens with zero attached hydrogens (tertiary/aromatic N) is 5. The Balaban J connectivity index is 2.06. The average molecular weight is 277 g/mol. The van der Waals surface area contributed by atoms with Crippen molar-refractivity contribution in [3.05, 3.63) is 12.7 Å². The molecule has 0 spiro atoms. The van der Waals surface area contributed by atoms with Gasteiger partial charge in [0.15, 0.2) is 11.5 Å². The number of fused-ring (bicyclic) bond motifs is 1. The smallest absolute Gasteiger partial charge is 0.241 e. The van der Waals surface area contributed by atoms with Crippen LogP contribution >= 0.6 is 0 Å². The zero-order valence-corrected chi connectivity index (χ0v) is 11.9. The van der Waals surface area contributed by atoms with Crippen molar-refractivity contribution in [1.82, 2.24) is 30.2 Å². The Labute approximate surface area is 117 Å². The van der Waals surface area contributed by atoms with E-state index in [1.807, 2.05) is 14.1 Å². The molecule has 20 heavy (non-hydrogen) atoms. The Kier molecular flexibility index (Phi) is 4.46. The number of nitrogens with one attached hydrogen (secondary N) is 2. The number of anilines is 1. The quantitative estimate of drug-likeness (QED) is 0.737. The first-order valence-electron chi connectivity index (χ1n) is 6.37. The number of amides is 1. The van der Waals surface area contributed by atoms with E-state index in [4.69, 9.17) is 0 Å². The number of H-pyrrole nitrogens is 1. The Morgan fingerprint density at radius 2 is 2.15 bits per heavy atom. The minimum atomic E-state index is 0.0361. The molecule has 2 heterocycles. The summed E-state index contributed by atoms with van der Waals surface area (Å²) in [5.41, 5.74) is 1.33. The monoisotopic (exact) mass is 277 g/mol. The Morgan fingerprint density at radius 1 is 1.35 bits per heavy atom. The van der Waals surface area contributed by atoms with Crippen LogP contribution in [0.3, 0.4) is 0 Å². The number of likely N-dealkylation sites (N-methyl/N-ethyl adjacent to an activating group) is 3. The maximum atomic E-state index is 12.1. The van der Waals surface area contributed by atoms with Crippen molar-refractivity contribution in [2.24, 2.45) is 0 Å². The molecule has 8 heteroatoms. The fraction of sp³-hybridized carbons (Fsp3) is 0.500. The molecule has 2 aromatic rings. The van der Waals surface area contributed by atoms with Crippen molar-refractivity contribution >= 4 is 22.9 Å². The van der Waals surface area contributed by atoms with Gasteiger partial charge in [-0.1, -0.05) is 0 Å². The zero-order chi connectivity index (χ0) is 14.5. The van der Waals surface area contributed by atoms with Crippen LogP contribution in [0.25, 0.3) is 11.2 Å². The van der Waals surface area contributed by atoms with Gasteiger partial charge < -0.3 is 20.1 Å². The van der Waals surface area contributed by atoms with E-state index in [1.165, 1.54) is 6.33 Å². The maximum Gasteiger partial charge on any atom is 0.241 e. The molecule has 0 unspecified atom stereocenters. The largest absolute Gasteiger partial charge is 0.348 e. The third-order valence-corrected chi connectivity index (χ3v) is 3.06. The van der Waals surface area contributed by atoms with Crippen LogP contribution < -0.4 is 10.2 Å². The molecule has 0 radical (unpaired) electrons. The first kappa shape index (κ1) is 14.2. The Hall–Kier alpha value is -2.22. The summed E-state index contributed by atoms with van der Waals surface area (Å²) >= 11 is 0. The first-order chi connectivity index (χ1) is 9.63. The molecule has 2 aromatic heterocycles. The summed E-state index contributed by atoms with van der Waals surface area (Å²) < 4.78 is 0. The number of hydrogen-bond acceptors (Lipinski definition) is 6. The number of aromatic amines is 1. The number of hydrogen-bond donors (Lipinski definition) is 2. The lowest BCUT2D eigenvalue weighted by Gasteiger charge is -2.22. The van der Waals surface area contributed by atoms with E-state index in [9.17, 15) is 4.79 Å². The molecule has 0 aliphatic heterocycles. The van der Waals surface area contributed by atoms with Crippen molar-refractivity contribution in [2.75, 3.05) is 45.7 Å². The molecule has 0 aliphatic rings. The maximum absolute atomic E-state index is 12.1. The molecule has 1 amide bonds. The molecular weight excluding hydrogens is 258 g/mol. The highest BCUT2D eigenvalue weighted by molar-refractivity contribution is 5.86. The fourth-order valence-electron chi connectivity index (χ4n) is 1.84. The molecule has 0 fully saturated rings. The topological polar surface area (TPSA) is 90.0 Å². The fourth-order valence-corrected chi connectivity index (χ4v) is 1.84. The molecule has 108 valence electrons. The van der Waals surface area contributed by atoms with Gasteiger partial charge in [0.25, 0.3) is 0 Å². The first-order valence-corrected chi connectivity index (χ1v) is 6.37. The van der Waals surface area contributed by atoms with Gasteiger partial charge in [-0.25, -0.2) is 15.0 Å². The summed E-state index contributed by atoms with van der Waals surface area (Å²) in [5, 5.41) is 3.02. The van der Waals surface area contributed by atoms with E-state index in [-0.39, 0.29) is 12.5 Å². The predicted octanol–water partition coefficient (Wildman–Crippen LogP) is -0.533. The van der Waals surface area contributed by atoms with Gasteiger partial charge in [0.05, 0.1) is 12.9 Å². The van der Waals surface area contributed by atoms with Crippen LogP contribution in [-0.2, 0) is 4.79 Å². The Morgan fingerprint density at radius 3 is 2.90 bits per heavy atom. The van der Waals surface area contributed by atoms with Gasteiger partial charge in [0.1, 0.15) is 11.8 Å². The van der Waals surface area contributed by atoms with Gasteiger partial charge in [-0.3, -0.25) is 4.79 Å². The molecule has 0 saturated heterocycles. The lowest BCUT2D eigenvalue weighted by Crippen LogP contribution is -2.39. The van der Waals surface area contributed by atoms with E-state index >= 15 is 0 Å². The average Bonchev–Trinajstić information content (AvgIpc) is 2.92. The van der Waals surface area contributed by atoms with E-state index < -0.39 is 0 Å². The molecule has 0 saturated carbocycles. The Bertz CT molecular complexity index is 582. The van der Waals surface area contributed by atoms with Gasteiger partial charge >= 0.3 is 0 Å². The lowest BCUT2D eigenvalue weighted by molar-refractivity contribution is -0.128. The molecule has 0 atom stereocenters. The standard InChI is InChI=1S/C12H19N7O/c1-13-4-5-18(2)9(20)6-19(3)12-10-11(15-7-14-10)16-8-17-12/h7-8,13H,4-6H2,1-3H3,(H,14,15,16,17). The second kappa shape index (κ2) is 6.29. The third kappa shape index (κ3) is 3.02. The van der Waals surface area contributed by atoms with Crippen molar-refractivity contribution in [3.63, 3.8) is 0 Å². The highest BCUT2D eigenvalue weighted by Crippen LogP contribution is 2.17. The highest BCUT2D eigenvalue weighted by atomic mass is 16.2. The van der Waals surface area contributed by atoms with Crippen LogP contribution in [0.2, 0.25) is 0 Å². The highest BCUT2D eigenvalue weighted by Gasteiger charge is 2.15. The second-order valence-electron chi connectivity index (χ2n) is 4.57. The zero-order valence-electron chi connectivity index (χ0n) is 11.9. The number of aromatic nitrogens is 4. The van der Waals surface area contributed by atoms with E-state index in [2.05, 4.69) is 25.3 Å². The van der Waals surface area contributed by atoms with Gasteiger partial charge in [-0.2, -0.15) is 0 Å². The number of carbonyl (C=O) groups is 1. The lowest BCUT2D eigenvalue weighted by atomic mass is 10.4. The van der Waals surface area contributed by atoms with Crippen LogP contribution in [0.1, 0.15) is 0 Å². The number of carbonyl (C=O) groups excluding carboxylic acids is 1. The van der Waals surface area contributed by atoms with E-state index in [1.54, 1.807) is 23.2 Å². The third-order valence-electron chi connectivity index (χ3n) is 3.06. The van der Waals surface area contributed by atoms with Gasteiger partial charge in [0.2, 0.25) is 5.91 Å².